The van der Waals surface area contributed by atoms with Crippen LogP contribution in [-0.4, -0.2) is 18.9 Å². The molecule has 4 aromatic rings. The van der Waals surface area contributed by atoms with Crippen molar-refractivity contribution in [2.45, 2.75) is 6.54 Å². The van der Waals surface area contributed by atoms with E-state index in [2.05, 4.69) is 49.0 Å². The SMILES string of the molecule is Cn1c2ccncc2n2c[n+]3c(c12)-c1cnccc1C3. The Morgan fingerprint density at radius 2 is 1.95 bits per heavy atom. The summed E-state index contributed by atoms with van der Waals surface area (Å²) in [5, 5.41) is 0. The standard InChI is InChI=1S/C15H12N5/c1-18-12-3-5-17-7-13(12)20-9-19-8-10-2-4-16-6-11(10)14(19)15(18)20/h2-7,9H,8H2,1H3/q+1. The Morgan fingerprint density at radius 3 is 2.90 bits per heavy atom. The lowest BCUT2D eigenvalue weighted by Crippen LogP contribution is -2.29. The van der Waals surface area contributed by atoms with Crippen molar-refractivity contribution in [1.29, 1.82) is 0 Å². The molecule has 0 spiro atoms. The van der Waals surface area contributed by atoms with Crippen molar-refractivity contribution in [1.82, 2.24) is 18.9 Å². The zero-order valence-electron chi connectivity index (χ0n) is 11.0. The number of aromatic nitrogens is 5. The highest BCUT2D eigenvalue weighted by Crippen LogP contribution is 2.32. The van der Waals surface area contributed by atoms with E-state index < -0.39 is 0 Å². The van der Waals surface area contributed by atoms with Gasteiger partial charge < -0.3 is 4.57 Å². The van der Waals surface area contributed by atoms with Crippen LogP contribution in [0.5, 0.6) is 0 Å². The van der Waals surface area contributed by atoms with E-state index in [0.29, 0.717) is 0 Å². The van der Waals surface area contributed by atoms with E-state index >= 15 is 0 Å². The normalized spacial score (nSPS) is 13.1. The molecule has 0 radical (unpaired) electrons. The second-order valence-corrected chi connectivity index (χ2v) is 5.24. The number of hydrogen-bond donors (Lipinski definition) is 0. The second-order valence-electron chi connectivity index (χ2n) is 5.24. The summed E-state index contributed by atoms with van der Waals surface area (Å²) in [6.45, 7) is 0.913. The maximum absolute atomic E-state index is 4.28. The predicted octanol–water partition coefficient (Wildman–Crippen LogP) is 1.54. The molecule has 0 fully saturated rings. The fourth-order valence-corrected chi connectivity index (χ4v) is 3.31. The van der Waals surface area contributed by atoms with Crippen LogP contribution < -0.4 is 4.57 Å². The zero-order chi connectivity index (χ0) is 13.3. The molecular formula is C15H12N5+. The Balaban J connectivity index is 2.01. The average molecular weight is 262 g/mol. The van der Waals surface area contributed by atoms with E-state index in [-0.39, 0.29) is 0 Å². The van der Waals surface area contributed by atoms with Crippen LogP contribution in [-0.2, 0) is 13.6 Å². The van der Waals surface area contributed by atoms with Crippen molar-refractivity contribution in [3.8, 4) is 11.3 Å². The molecule has 0 N–H and O–H groups in total. The summed E-state index contributed by atoms with van der Waals surface area (Å²) in [5.41, 5.74) is 7.33. The minimum Gasteiger partial charge on any atom is -0.304 e. The van der Waals surface area contributed by atoms with Crippen molar-refractivity contribution in [2.75, 3.05) is 0 Å². The Kier molecular flexibility index (Phi) is 1.65. The van der Waals surface area contributed by atoms with E-state index in [1.54, 1.807) is 0 Å². The summed E-state index contributed by atoms with van der Waals surface area (Å²) in [6.07, 6.45) is 9.74. The van der Waals surface area contributed by atoms with Crippen LogP contribution in [0.25, 0.3) is 27.9 Å². The number of pyridine rings is 2. The Morgan fingerprint density at radius 1 is 1.10 bits per heavy atom. The van der Waals surface area contributed by atoms with Crippen LogP contribution in [0.15, 0.2) is 43.2 Å². The number of rotatable bonds is 0. The molecule has 5 rings (SSSR count). The molecule has 1 aliphatic rings. The Hall–Kier alpha value is -2.69. The van der Waals surface area contributed by atoms with Gasteiger partial charge in [-0.05, 0) is 12.1 Å². The molecular weight excluding hydrogens is 250 g/mol. The third kappa shape index (κ3) is 1.02. The molecule has 20 heavy (non-hydrogen) atoms. The first-order chi connectivity index (χ1) is 9.84. The molecule has 1 aliphatic heterocycles. The summed E-state index contributed by atoms with van der Waals surface area (Å²) in [7, 11) is 2.10. The fraction of sp³-hybridized carbons (Fsp3) is 0.133. The molecule has 5 heteroatoms. The molecule has 0 bridgehead atoms. The first-order valence-corrected chi connectivity index (χ1v) is 6.61. The van der Waals surface area contributed by atoms with Gasteiger partial charge in [0.05, 0.1) is 17.3 Å². The predicted molar refractivity (Wildman–Crippen MR) is 74.2 cm³/mol. The quantitative estimate of drug-likeness (QED) is 0.397. The third-order valence-corrected chi connectivity index (χ3v) is 4.21. The van der Waals surface area contributed by atoms with Crippen LogP contribution >= 0.6 is 0 Å². The topological polar surface area (TPSA) is 39.0 Å². The average Bonchev–Trinajstić information content (AvgIpc) is 3.08. The molecule has 4 aromatic heterocycles. The maximum atomic E-state index is 4.28. The Bertz CT molecular complexity index is 992. The van der Waals surface area contributed by atoms with Crippen molar-refractivity contribution >= 4 is 16.7 Å². The lowest BCUT2D eigenvalue weighted by atomic mass is 10.1. The van der Waals surface area contributed by atoms with E-state index in [4.69, 9.17) is 0 Å². The molecule has 5 heterocycles. The van der Waals surface area contributed by atoms with Gasteiger partial charge in [-0.2, -0.15) is 4.40 Å². The van der Waals surface area contributed by atoms with Gasteiger partial charge in [0.2, 0.25) is 5.69 Å². The van der Waals surface area contributed by atoms with Crippen molar-refractivity contribution in [3.05, 3.63) is 48.8 Å². The molecule has 0 aromatic carbocycles. The minimum atomic E-state index is 0.913. The van der Waals surface area contributed by atoms with E-state index in [1.165, 1.54) is 28.0 Å². The summed E-state index contributed by atoms with van der Waals surface area (Å²) < 4.78 is 6.73. The third-order valence-electron chi connectivity index (χ3n) is 4.21. The van der Waals surface area contributed by atoms with E-state index in [1.807, 2.05) is 24.8 Å². The van der Waals surface area contributed by atoms with E-state index in [9.17, 15) is 0 Å². The smallest absolute Gasteiger partial charge is 0.255 e. The fourth-order valence-electron chi connectivity index (χ4n) is 3.31. The number of fused-ring (bicyclic) bond motifs is 7. The molecule has 96 valence electrons. The van der Waals surface area contributed by atoms with Gasteiger partial charge in [-0.3, -0.25) is 9.97 Å². The number of nitrogens with zero attached hydrogens (tertiary/aromatic N) is 5. The highest BCUT2D eigenvalue weighted by Gasteiger charge is 2.32. The summed E-state index contributed by atoms with van der Waals surface area (Å²) >= 11 is 0. The lowest BCUT2D eigenvalue weighted by Gasteiger charge is -1.95. The molecule has 0 aliphatic carbocycles. The molecule has 0 amide bonds. The number of imidazole rings is 2. The summed E-state index contributed by atoms with van der Waals surface area (Å²) in [6, 6.07) is 4.15. The Labute approximate surface area is 114 Å². The van der Waals surface area contributed by atoms with Crippen molar-refractivity contribution < 1.29 is 4.57 Å². The second kappa shape index (κ2) is 3.25. The summed E-state index contributed by atoms with van der Waals surface area (Å²) in [5.74, 6) is 0. The highest BCUT2D eigenvalue weighted by atomic mass is 15.2. The summed E-state index contributed by atoms with van der Waals surface area (Å²) in [4.78, 5) is 8.53. The lowest BCUT2D eigenvalue weighted by molar-refractivity contribution is -0.671. The van der Waals surface area contributed by atoms with Gasteiger partial charge in [-0.1, -0.05) is 0 Å². The van der Waals surface area contributed by atoms with Crippen LogP contribution in [0.3, 0.4) is 0 Å². The van der Waals surface area contributed by atoms with E-state index in [0.717, 1.165) is 12.1 Å². The van der Waals surface area contributed by atoms with Crippen LogP contribution in [0.4, 0.5) is 0 Å². The minimum absolute atomic E-state index is 0.913. The van der Waals surface area contributed by atoms with Gasteiger partial charge in [0.15, 0.2) is 5.52 Å². The van der Waals surface area contributed by atoms with Gasteiger partial charge in [0.25, 0.3) is 12.0 Å². The number of aryl methyl sites for hydroxylation is 1. The molecule has 0 saturated carbocycles. The monoisotopic (exact) mass is 262 g/mol. The van der Waals surface area contributed by atoms with Crippen LogP contribution in [0, 0.1) is 0 Å². The van der Waals surface area contributed by atoms with Gasteiger partial charge in [0.1, 0.15) is 6.54 Å². The van der Waals surface area contributed by atoms with Crippen molar-refractivity contribution in [2.24, 2.45) is 7.05 Å². The molecule has 5 nitrogen and oxygen atoms in total. The molecule has 0 atom stereocenters. The zero-order valence-corrected chi connectivity index (χ0v) is 11.0. The van der Waals surface area contributed by atoms with Crippen LogP contribution in [0.1, 0.15) is 5.56 Å². The first kappa shape index (κ1) is 10.1. The maximum Gasteiger partial charge on any atom is 0.255 e. The van der Waals surface area contributed by atoms with Gasteiger partial charge >= 0.3 is 0 Å². The number of hydrogen-bond acceptors (Lipinski definition) is 2. The first-order valence-electron chi connectivity index (χ1n) is 6.61. The molecule has 0 unspecified atom stereocenters. The largest absolute Gasteiger partial charge is 0.304 e. The highest BCUT2D eigenvalue weighted by molar-refractivity contribution is 5.86. The van der Waals surface area contributed by atoms with Crippen molar-refractivity contribution in [3.63, 3.8) is 0 Å². The van der Waals surface area contributed by atoms with Gasteiger partial charge in [-0.15, -0.1) is 0 Å². The van der Waals surface area contributed by atoms with Gasteiger partial charge in [0, 0.05) is 31.2 Å². The van der Waals surface area contributed by atoms with Gasteiger partial charge in [-0.25, -0.2) is 4.57 Å². The van der Waals surface area contributed by atoms with Crippen LogP contribution in [0.2, 0.25) is 0 Å². The molecule has 0 saturated heterocycles.